The van der Waals surface area contributed by atoms with Crippen LogP contribution in [0.5, 0.6) is 0 Å². The Labute approximate surface area is 178 Å². The molecule has 5 nitrogen and oxygen atoms in total. The number of anilines is 1. The average Bonchev–Trinajstić information content (AvgIpc) is 3.39. The van der Waals surface area contributed by atoms with Crippen molar-refractivity contribution in [1.29, 1.82) is 0 Å². The van der Waals surface area contributed by atoms with Gasteiger partial charge in [0.05, 0.1) is 23.8 Å². The molecule has 0 radical (unpaired) electrons. The van der Waals surface area contributed by atoms with E-state index in [-0.39, 0.29) is 36.3 Å². The highest BCUT2D eigenvalue weighted by Crippen LogP contribution is 2.26. The van der Waals surface area contributed by atoms with Gasteiger partial charge in [0.25, 0.3) is 5.91 Å². The van der Waals surface area contributed by atoms with Crippen LogP contribution in [-0.2, 0) is 4.79 Å². The van der Waals surface area contributed by atoms with Gasteiger partial charge in [-0.1, -0.05) is 30.3 Å². The Morgan fingerprint density at radius 2 is 1.80 bits per heavy atom. The van der Waals surface area contributed by atoms with Crippen LogP contribution in [0, 0.1) is 5.82 Å². The Kier molecular flexibility index (Phi) is 6.21. The molecule has 1 aromatic heterocycles. The van der Waals surface area contributed by atoms with E-state index >= 15 is 0 Å². The molecule has 1 aliphatic rings. The van der Waals surface area contributed by atoms with Crippen LogP contribution in [0.1, 0.15) is 39.7 Å². The van der Waals surface area contributed by atoms with Crippen molar-refractivity contribution in [2.75, 3.05) is 11.9 Å². The first-order valence-electron chi connectivity index (χ1n) is 9.82. The topological polar surface area (TPSA) is 70.2 Å². The van der Waals surface area contributed by atoms with Crippen LogP contribution in [0.4, 0.5) is 10.1 Å². The summed E-state index contributed by atoms with van der Waals surface area (Å²) in [4.78, 5) is 26.1. The molecule has 1 atom stereocenters. The Hall–Kier alpha value is -3.03. The fraction of sp³-hybridized carbons (Fsp3) is 0.217. The van der Waals surface area contributed by atoms with Gasteiger partial charge in [-0.2, -0.15) is 0 Å². The van der Waals surface area contributed by atoms with E-state index in [1.807, 2.05) is 17.5 Å². The molecule has 0 aliphatic heterocycles. The minimum atomic E-state index is -0.303. The first-order chi connectivity index (χ1) is 14.6. The van der Waals surface area contributed by atoms with Crippen LogP contribution in [0.25, 0.3) is 0 Å². The third kappa shape index (κ3) is 5.11. The summed E-state index contributed by atoms with van der Waals surface area (Å²) in [5.41, 5.74) is 1.80. The van der Waals surface area contributed by atoms with E-state index in [1.165, 1.54) is 12.1 Å². The molecule has 0 bridgehead atoms. The smallest absolute Gasteiger partial charge is 0.253 e. The van der Waals surface area contributed by atoms with Crippen molar-refractivity contribution >= 4 is 28.8 Å². The van der Waals surface area contributed by atoms with Gasteiger partial charge < -0.3 is 10.6 Å². The largest absolute Gasteiger partial charge is 0.349 e. The van der Waals surface area contributed by atoms with E-state index in [2.05, 4.69) is 16.0 Å². The second-order valence-corrected chi connectivity index (χ2v) is 8.20. The van der Waals surface area contributed by atoms with Crippen molar-refractivity contribution in [2.24, 2.45) is 0 Å². The van der Waals surface area contributed by atoms with Gasteiger partial charge in [-0.05, 0) is 54.1 Å². The summed E-state index contributed by atoms with van der Waals surface area (Å²) in [5.74, 6) is -0.739. The molecule has 1 fully saturated rings. The molecule has 1 heterocycles. The number of hydrogen-bond donors (Lipinski definition) is 3. The summed E-state index contributed by atoms with van der Waals surface area (Å²) in [6.07, 6.45) is 2.00. The highest BCUT2D eigenvalue weighted by molar-refractivity contribution is 7.10. The van der Waals surface area contributed by atoms with E-state index in [0.717, 1.165) is 23.3 Å². The molecule has 2 aromatic carbocycles. The lowest BCUT2D eigenvalue weighted by atomic mass is 10.1. The van der Waals surface area contributed by atoms with Gasteiger partial charge in [0.2, 0.25) is 5.91 Å². The number of thiophene rings is 1. The molecule has 0 saturated heterocycles. The second kappa shape index (κ2) is 9.19. The number of hydrogen-bond acceptors (Lipinski definition) is 4. The first-order valence-corrected chi connectivity index (χ1v) is 10.7. The zero-order chi connectivity index (χ0) is 20.9. The number of carbonyl (C=O) groups is 2. The van der Waals surface area contributed by atoms with Crippen LogP contribution < -0.4 is 16.0 Å². The number of carbonyl (C=O) groups excluding carboxylic acids is 2. The van der Waals surface area contributed by atoms with Crippen molar-refractivity contribution in [2.45, 2.75) is 24.9 Å². The molecule has 3 N–H and O–H groups in total. The maximum Gasteiger partial charge on any atom is 0.253 e. The quantitative estimate of drug-likeness (QED) is 0.511. The fourth-order valence-electron chi connectivity index (χ4n) is 3.16. The fourth-order valence-corrected chi connectivity index (χ4v) is 3.99. The van der Waals surface area contributed by atoms with Crippen LogP contribution in [0.15, 0.2) is 66.0 Å². The molecule has 2 amide bonds. The zero-order valence-electron chi connectivity index (χ0n) is 16.2. The standard InChI is InChI=1S/C23H22FN3O2S/c24-16-9-7-15(8-10-16)22(20-6-3-13-30-20)25-14-21(28)27-19-5-2-1-4-18(19)23(29)26-17-11-12-17/h1-10,13,17,22,25H,11-12,14H2,(H,26,29)(H,27,28). The number of para-hydroxylation sites is 1. The Morgan fingerprint density at radius 1 is 1.03 bits per heavy atom. The maximum absolute atomic E-state index is 13.3. The zero-order valence-corrected chi connectivity index (χ0v) is 17.0. The first kappa shape index (κ1) is 20.3. The van der Waals surface area contributed by atoms with Crippen LogP contribution >= 0.6 is 11.3 Å². The molecule has 1 aliphatic carbocycles. The lowest BCUT2D eigenvalue weighted by Crippen LogP contribution is -2.32. The molecule has 0 spiro atoms. The maximum atomic E-state index is 13.3. The predicted molar refractivity (Wildman–Crippen MR) is 116 cm³/mol. The van der Waals surface area contributed by atoms with E-state index < -0.39 is 0 Å². The summed E-state index contributed by atoms with van der Waals surface area (Å²) >= 11 is 1.56. The van der Waals surface area contributed by atoms with Gasteiger partial charge in [-0.25, -0.2) is 4.39 Å². The number of nitrogens with one attached hydrogen (secondary N) is 3. The molecular weight excluding hydrogens is 401 g/mol. The molecule has 1 saturated carbocycles. The van der Waals surface area contributed by atoms with E-state index in [4.69, 9.17) is 0 Å². The molecular formula is C23H22FN3O2S. The number of amides is 2. The minimum absolute atomic E-state index is 0.0402. The minimum Gasteiger partial charge on any atom is -0.349 e. The highest BCUT2D eigenvalue weighted by Gasteiger charge is 2.25. The Bertz CT molecular complexity index is 1020. The van der Waals surface area contributed by atoms with Crippen molar-refractivity contribution in [3.63, 3.8) is 0 Å². The predicted octanol–water partition coefficient (Wildman–Crippen LogP) is 4.10. The van der Waals surface area contributed by atoms with Crippen LogP contribution in [0.2, 0.25) is 0 Å². The van der Waals surface area contributed by atoms with E-state index in [9.17, 15) is 14.0 Å². The molecule has 4 rings (SSSR count). The van der Waals surface area contributed by atoms with Crippen LogP contribution in [0.3, 0.4) is 0 Å². The monoisotopic (exact) mass is 423 g/mol. The van der Waals surface area contributed by atoms with Gasteiger partial charge in [-0.15, -0.1) is 11.3 Å². The van der Waals surface area contributed by atoms with Crippen molar-refractivity contribution in [3.8, 4) is 0 Å². The number of benzene rings is 2. The van der Waals surface area contributed by atoms with Crippen molar-refractivity contribution in [1.82, 2.24) is 10.6 Å². The lowest BCUT2D eigenvalue weighted by molar-refractivity contribution is -0.115. The lowest BCUT2D eigenvalue weighted by Gasteiger charge is -2.18. The van der Waals surface area contributed by atoms with E-state index in [0.29, 0.717) is 11.3 Å². The van der Waals surface area contributed by atoms with Gasteiger partial charge in [0, 0.05) is 10.9 Å². The summed E-state index contributed by atoms with van der Waals surface area (Å²) in [6.45, 7) is 0.0402. The van der Waals surface area contributed by atoms with Gasteiger partial charge >= 0.3 is 0 Å². The molecule has 154 valence electrons. The van der Waals surface area contributed by atoms with E-state index in [1.54, 1.807) is 47.7 Å². The van der Waals surface area contributed by atoms with Gasteiger partial charge in [0.1, 0.15) is 5.82 Å². The van der Waals surface area contributed by atoms with Gasteiger partial charge in [-0.3, -0.25) is 14.9 Å². The third-order valence-corrected chi connectivity index (χ3v) is 5.79. The van der Waals surface area contributed by atoms with Gasteiger partial charge in [0.15, 0.2) is 0 Å². The third-order valence-electron chi connectivity index (χ3n) is 4.86. The second-order valence-electron chi connectivity index (χ2n) is 7.22. The Morgan fingerprint density at radius 3 is 2.50 bits per heavy atom. The average molecular weight is 424 g/mol. The van der Waals surface area contributed by atoms with Crippen molar-refractivity contribution in [3.05, 3.63) is 87.9 Å². The molecule has 1 unspecified atom stereocenters. The number of rotatable bonds is 8. The number of halogens is 1. The Balaban J connectivity index is 1.43. The normalized spacial score (nSPS) is 14.2. The summed E-state index contributed by atoms with van der Waals surface area (Å²) < 4.78 is 13.3. The van der Waals surface area contributed by atoms with Crippen LogP contribution in [-0.4, -0.2) is 24.4 Å². The van der Waals surface area contributed by atoms with Crippen molar-refractivity contribution < 1.29 is 14.0 Å². The SMILES string of the molecule is O=C(CNC(c1ccc(F)cc1)c1cccs1)Nc1ccccc1C(=O)NC1CC1. The highest BCUT2D eigenvalue weighted by atomic mass is 32.1. The molecule has 7 heteroatoms. The summed E-state index contributed by atoms with van der Waals surface area (Å²) in [6, 6.07) is 17.1. The summed E-state index contributed by atoms with van der Waals surface area (Å²) in [5, 5.41) is 11.0. The molecule has 3 aromatic rings. The molecule has 30 heavy (non-hydrogen) atoms. The summed E-state index contributed by atoms with van der Waals surface area (Å²) in [7, 11) is 0.